The van der Waals surface area contributed by atoms with Gasteiger partial charge in [-0.25, -0.2) is 5.32 Å². The topological polar surface area (TPSA) is 14.1 Å². The average molecular weight is 212 g/mol. The maximum absolute atomic E-state index is 5.25. The third-order valence-corrected chi connectivity index (χ3v) is 4.42. The molecule has 1 nitrogen and oxygen atoms in total. The average Bonchev–Trinajstić information content (AvgIpc) is 2.33. The molecule has 1 heteroatoms. The molecule has 0 amide bonds. The van der Waals surface area contributed by atoms with Gasteiger partial charge in [0.05, 0.1) is 0 Å². The van der Waals surface area contributed by atoms with Crippen molar-refractivity contribution < 1.29 is 0 Å². The van der Waals surface area contributed by atoms with E-state index in [1.165, 1.54) is 38.5 Å². The van der Waals surface area contributed by atoms with Gasteiger partial charge in [0.15, 0.2) is 0 Å². The van der Waals surface area contributed by atoms with Crippen LogP contribution in [0.3, 0.4) is 0 Å². The fourth-order valence-electron chi connectivity index (χ4n) is 2.48. The van der Waals surface area contributed by atoms with Crippen LogP contribution in [0.15, 0.2) is 0 Å². The monoisotopic (exact) mass is 212 g/mol. The lowest BCUT2D eigenvalue weighted by molar-refractivity contribution is 0.158. The lowest BCUT2D eigenvalue weighted by Crippen LogP contribution is -2.51. The molecule has 0 aromatic rings. The fourth-order valence-corrected chi connectivity index (χ4v) is 2.48. The molecular formula is C14H30N. The first-order valence-electron chi connectivity index (χ1n) is 6.81. The summed E-state index contributed by atoms with van der Waals surface area (Å²) < 4.78 is 0. The normalized spacial score (nSPS) is 13.2. The van der Waals surface area contributed by atoms with Gasteiger partial charge in [-0.1, -0.05) is 41.5 Å². The molecule has 0 bridgehead atoms. The molecule has 0 aliphatic rings. The molecule has 0 aromatic heterocycles. The van der Waals surface area contributed by atoms with Crippen LogP contribution in [-0.2, 0) is 0 Å². The number of nitrogens with zero attached hydrogens (tertiary/aromatic N) is 1. The Labute approximate surface area is 97.0 Å². The highest BCUT2D eigenvalue weighted by Crippen LogP contribution is 2.30. The van der Waals surface area contributed by atoms with Crippen LogP contribution in [0.25, 0.3) is 0 Å². The van der Waals surface area contributed by atoms with Crippen molar-refractivity contribution in [1.82, 2.24) is 5.32 Å². The molecule has 0 spiro atoms. The summed E-state index contributed by atoms with van der Waals surface area (Å²) >= 11 is 0. The molecule has 0 unspecified atom stereocenters. The summed E-state index contributed by atoms with van der Waals surface area (Å²) in [6, 6.07) is 0. The van der Waals surface area contributed by atoms with Gasteiger partial charge < -0.3 is 0 Å². The highest BCUT2D eigenvalue weighted by atomic mass is 15.0. The van der Waals surface area contributed by atoms with Gasteiger partial charge in [-0.05, 0) is 38.5 Å². The third-order valence-electron chi connectivity index (χ3n) is 4.42. The minimum atomic E-state index is 0.238. The first-order chi connectivity index (χ1) is 7.07. The Balaban J connectivity index is 4.74. The van der Waals surface area contributed by atoms with E-state index >= 15 is 0 Å². The Morgan fingerprint density at radius 1 is 0.533 bits per heavy atom. The van der Waals surface area contributed by atoms with Crippen molar-refractivity contribution in [2.24, 2.45) is 0 Å². The predicted octanol–water partition coefficient (Wildman–Crippen LogP) is 4.53. The lowest BCUT2D eigenvalue weighted by Gasteiger charge is -2.41. The van der Waals surface area contributed by atoms with Crippen LogP contribution in [0.2, 0.25) is 0 Å². The molecule has 0 N–H and O–H groups in total. The van der Waals surface area contributed by atoms with Crippen molar-refractivity contribution >= 4 is 0 Å². The molecule has 91 valence electrons. The standard InChI is InChI=1S/C14H30N/c1-7-13(8-2,9-3)15-14(10-4,11-5)12-6/h7-12H2,1-6H3. The Hall–Kier alpha value is -0.0400. The third kappa shape index (κ3) is 3.48. The van der Waals surface area contributed by atoms with E-state index in [-0.39, 0.29) is 11.1 Å². The van der Waals surface area contributed by atoms with Gasteiger partial charge in [0.1, 0.15) is 0 Å². The number of rotatable bonds is 8. The smallest absolute Gasteiger partial charge is 0.0355 e. The van der Waals surface area contributed by atoms with E-state index in [0.717, 1.165) is 0 Å². The molecule has 0 heterocycles. The first-order valence-corrected chi connectivity index (χ1v) is 6.81. The zero-order valence-corrected chi connectivity index (χ0v) is 11.7. The fraction of sp³-hybridized carbons (Fsp3) is 1.00. The van der Waals surface area contributed by atoms with Gasteiger partial charge in [-0.3, -0.25) is 0 Å². The SMILES string of the molecule is CCC(CC)(CC)[N]C(CC)(CC)CC. The minimum absolute atomic E-state index is 0.238. The van der Waals surface area contributed by atoms with Crippen molar-refractivity contribution in [1.29, 1.82) is 0 Å². The van der Waals surface area contributed by atoms with Gasteiger partial charge >= 0.3 is 0 Å². The molecule has 0 aliphatic carbocycles. The van der Waals surface area contributed by atoms with Crippen LogP contribution >= 0.6 is 0 Å². The Morgan fingerprint density at radius 3 is 0.867 bits per heavy atom. The van der Waals surface area contributed by atoms with Crippen molar-refractivity contribution in [3.63, 3.8) is 0 Å². The summed E-state index contributed by atoms with van der Waals surface area (Å²) in [5.74, 6) is 0. The second-order valence-electron chi connectivity index (χ2n) is 4.68. The Bertz CT molecular complexity index is 120. The van der Waals surface area contributed by atoms with Gasteiger partial charge in [0.2, 0.25) is 0 Å². The second-order valence-corrected chi connectivity index (χ2v) is 4.68. The van der Waals surface area contributed by atoms with Gasteiger partial charge in [-0.15, -0.1) is 0 Å². The number of hydrogen-bond acceptors (Lipinski definition) is 0. The van der Waals surface area contributed by atoms with Gasteiger partial charge in [0, 0.05) is 11.1 Å². The number of hydrogen-bond donors (Lipinski definition) is 0. The van der Waals surface area contributed by atoms with Gasteiger partial charge in [-0.2, -0.15) is 0 Å². The van der Waals surface area contributed by atoms with Crippen LogP contribution in [0.4, 0.5) is 0 Å². The van der Waals surface area contributed by atoms with Crippen molar-refractivity contribution in [2.75, 3.05) is 0 Å². The second kappa shape index (κ2) is 6.52. The molecule has 0 aromatic carbocycles. The quantitative estimate of drug-likeness (QED) is 0.561. The molecule has 15 heavy (non-hydrogen) atoms. The summed E-state index contributed by atoms with van der Waals surface area (Å²) in [5, 5.41) is 5.25. The van der Waals surface area contributed by atoms with E-state index in [0.29, 0.717) is 0 Å². The first kappa shape index (κ1) is 15.0. The van der Waals surface area contributed by atoms with Crippen molar-refractivity contribution in [3.05, 3.63) is 0 Å². The zero-order chi connectivity index (χ0) is 11.9. The minimum Gasteiger partial charge on any atom is -0.229 e. The van der Waals surface area contributed by atoms with E-state index in [2.05, 4.69) is 41.5 Å². The predicted molar refractivity (Wildman–Crippen MR) is 69.3 cm³/mol. The van der Waals surface area contributed by atoms with E-state index in [1.807, 2.05) is 0 Å². The maximum Gasteiger partial charge on any atom is 0.0355 e. The van der Waals surface area contributed by atoms with Crippen LogP contribution in [-0.4, -0.2) is 11.1 Å². The van der Waals surface area contributed by atoms with E-state index in [9.17, 15) is 0 Å². The summed E-state index contributed by atoms with van der Waals surface area (Å²) in [6.45, 7) is 13.7. The van der Waals surface area contributed by atoms with E-state index < -0.39 is 0 Å². The Kier molecular flexibility index (Phi) is 6.51. The molecule has 0 rings (SSSR count). The Morgan fingerprint density at radius 2 is 0.733 bits per heavy atom. The van der Waals surface area contributed by atoms with Crippen molar-refractivity contribution in [2.45, 2.75) is 91.1 Å². The highest BCUT2D eigenvalue weighted by Gasteiger charge is 2.35. The van der Waals surface area contributed by atoms with Crippen LogP contribution < -0.4 is 5.32 Å². The van der Waals surface area contributed by atoms with Crippen LogP contribution in [0, 0.1) is 0 Å². The molecule has 0 saturated carbocycles. The molecule has 0 fully saturated rings. The zero-order valence-electron chi connectivity index (χ0n) is 11.7. The molecule has 1 radical (unpaired) electrons. The van der Waals surface area contributed by atoms with Gasteiger partial charge in [0.25, 0.3) is 0 Å². The van der Waals surface area contributed by atoms with E-state index in [1.54, 1.807) is 0 Å². The largest absolute Gasteiger partial charge is 0.229 e. The van der Waals surface area contributed by atoms with Crippen molar-refractivity contribution in [3.8, 4) is 0 Å². The maximum atomic E-state index is 5.25. The molecule has 0 aliphatic heterocycles. The lowest BCUT2D eigenvalue weighted by atomic mass is 9.81. The molecular weight excluding hydrogens is 182 g/mol. The van der Waals surface area contributed by atoms with Crippen LogP contribution in [0.5, 0.6) is 0 Å². The summed E-state index contributed by atoms with van der Waals surface area (Å²) in [7, 11) is 0. The van der Waals surface area contributed by atoms with E-state index in [4.69, 9.17) is 5.32 Å². The van der Waals surface area contributed by atoms with Crippen LogP contribution in [0.1, 0.15) is 80.1 Å². The highest BCUT2D eigenvalue weighted by molar-refractivity contribution is 4.94. The molecule has 0 atom stereocenters. The summed E-state index contributed by atoms with van der Waals surface area (Å²) in [4.78, 5) is 0. The molecule has 0 saturated heterocycles. The summed E-state index contributed by atoms with van der Waals surface area (Å²) in [5.41, 5.74) is 0.476. The summed E-state index contributed by atoms with van der Waals surface area (Å²) in [6.07, 6.45) is 7.09.